The number of nitro groups is 1. The molecule has 0 aliphatic heterocycles. The number of carbonyl (C=O) groups is 1. The van der Waals surface area contributed by atoms with Crippen molar-refractivity contribution in [2.75, 3.05) is 5.32 Å². The van der Waals surface area contributed by atoms with E-state index in [4.69, 9.17) is 5.26 Å². The zero-order valence-corrected chi connectivity index (χ0v) is 16.7. The molecule has 3 rings (SSSR count). The van der Waals surface area contributed by atoms with Crippen molar-refractivity contribution in [2.24, 2.45) is 0 Å². The molecule has 1 amide bonds. The molecule has 9 heteroatoms. The van der Waals surface area contributed by atoms with Crippen LogP contribution < -0.4 is 20.1 Å². The number of benzene rings is 2. The highest BCUT2D eigenvalue weighted by molar-refractivity contribution is 7.07. The van der Waals surface area contributed by atoms with Crippen LogP contribution in [0.4, 0.5) is 11.4 Å². The minimum atomic E-state index is -0.519. The molecule has 0 bridgehead atoms. The summed E-state index contributed by atoms with van der Waals surface area (Å²) in [6.07, 6.45) is 2.69. The van der Waals surface area contributed by atoms with Gasteiger partial charge in [0.05, 0.1) is 15.5 Å². The van der Waals surface area contributed by atoms with Gasteiger partial charge in [0.2, 0.25) is 5.91 Å². The predicted octanol–water partition coefficient (Wildman–Crippen LogP) is 1.90. The normalized spacial score (nSPS) is 11.9. The van der Waals surface area contributed by atoms with Gasteiger partial charge in [0, 0.05) is 23.9 Å². The number of hydrogen-bond donors (Lipinski definition) is 1. The van der Waals surface area contributed by atoms with Crippen molar-refractivity contribution in [3.63, 3.8) is 0 Å². The van der Waals surface area contributed by atoms with Crippen LogP contribution in [-0.2, 0) is 11.3 Å². The van der Waals surface area contributed by atoms with E-state index in [1.807, 2.05) is 25.1 Å². The third kappa shape index (κ3) is 4.87. The average Bonchev–Trinajstić information content (AvgIpc) is 2.99. The zero-order chi connectivity index (χ0) is 21.7. The van der Waals surface area contributed by atoms with E-state index in [2.05, 4.69) is 5.32 Å². The standard InChI is InChI=1S/C21H16N4O4S/c1-14-5-7-16(8-6-14)23-19(26)13-24-20(9-10-22)30-18(21(24)27)12-15-3-2-4-17(11-15)25(28)29/h2-9,11-12H,13H2,1H3,(H,23,26). The van der Waals surface area contributed by atoms with Crippen molar-refractivity contribution in [3.8, 4) is 6.07 Å². The Morgan fingerprint density at radius 2 is 2.03 bits per heavy atom. The highest BCUT2D eigenvalue weighted by Gasteiger charge is 2.11. The average molecular weight is 420 g/mol. The number of thiazole rings is 1. The Morgan fingerprint density at radius 3 is 2.70 bits per heavy atom. The van der Waals surface area contributed by atoms with Crippen LogP contribution in [-0.4, -0.2) is 15.4 Å². The molecule has 1 aromatic heterocycles. The molecule has 0 saturated heterocycles. The van der Waals surface area contributed by atoms with Gasteiger partial charge in [-0.1, -0.05) is 29.8 Å². The fourth-order valence-electron chi connectivity index (χ4n) is 2.71. The number of aryl methyl sites for hydroxylation is 1. The molecular weight excluding hydrogens is 404 g/mol. The minimum Gasteiger partial charge on any atom is -0.325 e. The number of non-ortho nitro benzene ring substituents is 1. The highest BCUT2D eigenvalue weighted by atomic mass is 32.1. The molecule has 0 atom stereocenters. The topological polar surface area (TPSA) is 118 Å². The summed E-state index contributed by atoms with van der Waals surface area (Å²) in [6, 6.07) is 15.0. The third-order valence-electron chi connectivity index (χ3n) is 4.14. The van der Waals surface area contributed by atoms with E-state index in [-0.39, 0.29) is 16.8 Å². The highest BCUT2D eigenvalue weighted by Crippen LogP contribution is 2.13. The Balaban J connectivity index is 1.96. The van der Waals surface area contributed by atoms with Gasteiger partial charge in [0.15, 0.2) is 0 Å². The predicted molar refractivity (Wildman–Crippen MR) is 114 cm³/mol. The summed E-state index contributed by atoms with van der Waals surface area (Å²) in [7, 11) is 0. The first-order valence-electron chi connectivity index (χ1n) is 8.79. The Labute approximate surface area is 174 Å². The lowest BCUT2D eigenvalue weighted by Crippen LogP contribution is -2.35. The van der Waals surface area contributed by atoms with E-state index in [9.17, 15) is 19.7 Å². The molecule has 0 aliphatic rings. The molecule has 0 unspecified atom stereocenters. The molecule has 1 heterocycles. The molecule has 1 N–H and O–H groups in total. The SMILES string of the molecule is Cc1ccc(NC(=O)Cn2c(=CC#N)sc(=Cc3cccc([N+](=O)[O-])c3)c2=O)cc1. The summed E-state index contributed by atoms with van der Waals surface area (Å²) in [5.41, 5.74) is 1.58. The second kappa shape index (κ2) is 8.98. The number of aromatic nitrogens is 1. The number of hydrogen-bond acceptors (Lipinski definition) is 6. The second-order valence-corrected chi connectivity index (χ2v) is 7.44. The van der Waals surface area contributed by atoms with Crippen molar-refractivity contribution in [1.29, 1.82) is 5.26 Å². The Kier molecular flexibility index (Phi) is 6.20. The van der Waals surface area contributed by atoms with Crippen LogP contribution in [0.25, 0.3) is 12.2 Å². The van der Waals surface area contributed by atoms with Gasteiger partial charge in [-0.05, 0) is 30.7 Å². The van der Waals surface area contributed by atoms with Crippen LogP contribution >= 0.6 is 11.3 Å². The molecule has 8 nitrogen and oxygen atoms in total. The monoisotopic (exact) mass is 420 g/mol. The molecule has 30 heavy (non-hydrogen) atoms. The number of anilines is 1. The zero-order valence-electron chi connectivity index (χ0n) is 15.9. The van der Waals surface area contributed by atoms with Crippen molar-refractivity contribution in [1.82, 2.24) is 4.57 Å². The number of nitriles is 1. The van der Waals surface area contributed by atoms with Gasteiger partial charge in [0.25, 0.3) is 11.2 Å². The number of nitro benzene ring substituents is 1. The first-order chi connectivity index (χ1) is 14.4. The number of nitrogens with zero attached hydrogens (tertiary/aromatic N) is 3. The van der Waals surface area contributed by atoms with E-state index in [0.29, 0.717) is 15.9 Å². The summed E-state index contributed by atoms with van der Waals surface area (Å²) in [4.78, 5) is 35.7. The van der Waals surface area contributed by atoms with Crippen molar-refractivity contribution >= 4 is 40.8 Å². The van der Waals surface area contributed by atoms with E-state index in [0.717, 1.165) is 16.9 Å². The van der Waals surface area contributed by atoms with E-state index in [1.54, 1.807) is 18.2 Å². The summed E-state index contributed by atoms with van der Waals surface area (Å²) >= 11 is 1.04. The lowest BCUT2D eigenvalue weighted by atomic mass is 10.2. The maximum Gasteiger partial charge on any atom is 0.270 e. The molecule has 0 fully saturated rings. The molecule has 0 radical (unpaired) electrons. The van der Waals surface area contributed by atoms with Gasteiger partial charge >= 0.3 is 0 Å². The van der Waals surface area contributed by atoms with Gasteiger partial charge in [0.1, 0.15) is 11.2 Å². The molecule has 3 aromatic rings. The Bertz CT molecular complexity index is 1330. The van der Waals surface area contributed by atoms with Crippen LogP contribution in [0.15, 0.2) is 53.3 Å². The number of rotatable bonds is 5. The summed E-state index contributed by atoms with van der Waals surface area (Å²) in [6.45, 7) is 1.67. The quantitative estimate of drug-likeness (QED) is 0.500. The van der Waals surface area contributed by atoms with Gasteiger partial charge in [-0.2, -0.15) is 5.26 Å². The molecule has 150 valence electrons. The van der Waals surface area contributed by atoms with Crippen LogP contribution in [0.1, 0.15) is 11.1 Å². The summed E-state index contributed by atoms with van der Waals surface area (Å²) in [5.74, 6) is -0.409. The first kappa shape index (κ1) is 20.7. The molecule has 0 spiro atoms. The summed E-state index contributed by atoms with van der Waals surface area (Å²) < 4.78 is 1.79. The largest absolute Gasteiger partial charge is 0.325 e. The van der Waals surface area contributed by atoms with Gasteiger partial charge in [-0.25, -0.2) is 0 Å². The Morgan fingerprint density at radius 1 is 1.30 bits per heavy atom. The van der Waals surface area contributed by atoms with Crippen molar-refractivity contribution < 1.29 is 9.72 Å². The molecule has 2 aromatic carbocycles. The van der Waals surface area contributed by atoms with E-state index < -0.39 is 16.4 Å². The van der Waals surface area contributed by atoms with Crippen LogP contribution in [0, 0.1) is 28.4 Å². The van der Waals surface area contributed by atoms with Crippen molar-refractivity contribution in [3.05, 3.63) is 89.3 Å². The number of carbonyl (C=O) groups excluding carboxylic acids is 1. The van der Waals surface area contributed by atoms with Crippen molar-refractivity contribution in [2.45, 2.75) is 13.5 Å². The molecule has 0 aliphatic carbocycles. The smallest absolute Gasteiger partial charge is 0.270 e. The fourth-order valence-corrected chi connectivity index (χ4v) is 3.70. The lowest BCUT2D eigenvalue weighted by molar-refractivity contribution is -0.384. The lowest BCUT2D eigenvalue weighted by Gasteiger charge is -2.06. The third-order valence-corrected chi connectivity index (χ3v) is 5.20. The van der Waals surface area contributed by atoms with Gasteiger partial charge in [-0.15, -0.1) is 11.3 Å². The van der Waals surface area contributed by atoms with E-state index in [1.165, 1.54) is 34.9 Å². The Hall–Kier alpha value is -4.03. The van der Waals surface area contributed by atoms with E-state index >= 15 is 0 Å². The van der Waals surface area contributed by atoms with Gasteiger partial charge in [-0.3, -0.25) is 24.3 Å². The van der Waals surface area contributed by atoms with Crippen LogP contribution in [0.5, 0.6) is 0 Å². The molecular formula is C21H16N4O4S. The second-order valence-electron chi connectivity index (χ2n) is 6.38. The number of amides is 1. The molecule has 0 saturated carbocycles. The maximum absolute atomic E-state index is 12.8. The van der Waals surface area contributed by atoms with Crippen LogP contribution in [0.3, 0.4) is 0 Å². The maximum atomic E-state index is 12.8. The fraction of sp³-hybridized carbons (Fsp3) is 0.0952. The minimum absolute atomic E-state index is 0.0954. The summed E-state index contributed by atoms with van der Waals surface area (Å²) in [5, 5.41) is 22.7. The van der Waals surface area contributed by atoms with Gasteiger partial charge < -0.3 is 5.32 Å². The van der Waals surface area contributed by atoms with Crippen LogP contribution in [0.2, 0.25) is 0 Å². The number of nitrogens with one attached hydrogen (secondary N) is 1. The first-order valence-corrected chi connectivity index (χ1v) is 9.61.